The summed E-state index contributed by atoms with van der Waals surface area (Å²) in [4.78, 5) is 16.2. The van der Waals surface area contributed by atoms with Gasteiger partial charge in [0.15, 0.2) is 0 Å². The lowest BCUT2D eigenvalue weighted by Crippen LogP contribution is -2.15. The van der Waals surface area contributed by atoms with Gasteiger partial charge in [-0.3, -0.25) is 4.79 Å². The molecule has 0 unspecified atom stereocenters. The predicted octanol–water partition coefficient (Wildman–Crippen LogP) is 4.28. The van der Waals surface area contributed by atoms with E-state index in [1.807, 2.05) is 36.4 Å². The molecule has 0 spiro atoms. The summed E-state index contributed by atoms with van der Waals surface area (Å²) in [5.74, 6) is 1.06. The van der Waals surface area contributed by atoms with E-state index in [4.69, 9.17) is 4.74 Å². The number of benzene rings is 2. The summed E-state index contributed by atoms with van der Waals surface area (Å²) in [6, 6.07) is 19.6. The van der Waals surface area contributed by atoms with Gasteiger partial charge in [-0.25, -0.2) is 9.37 Å². The van der Waals surface area contributed by atoms with Crippen LogP contribution in [0.15, 0.2) is 72.9 Å². The molecule has 1 aromatic heterocycles. The third-order valence-electron chi connectivity index (χ3n) is 4.05. The summed E-state index contributed by atoms with van der Waals surface area (Å²) in [5, 5.41) is 5.93. The summed E-state index contributed by atoms with van der Waals surface area (Å²) in [6.07, 6.45) is 2.40. The molecule has 0 fully saturated rings. The van der Waals surface area contributed by atoms with Gasteiger partial charge in [-0.1, -0.05) is 36.4 Å². The molecule has 144 valence electrons. The van der Waals surface area contributed by atoms with Gasteiger partial charge in [0.2, 0.25) is 5.91 Å². The first-order chi connectivity index (χ1) is 13.7. The van der Waals surface area contributed by atoms with E-state index in [0.29, 0.717) is 36.6 Å². The molecular formula is C22H22FN3O2. The van der Waals surface area contributed by atoms with Crippen molar-refractivity contribution < 1.29 is 13.9 Å². The Kier molecular flexibility index (Phi) is 6.95. The molecular weight excluding hydrogens is 357 g/mol. The average Bonchev–Trinajstić information content (AvgIpc) is 2.71. The van der Waals surface area contributed by atoms with Crippen LogP contribution >= 0.6 is 0 Å². The van der Waals surface area contributed by atoms with Crippen LogP contribution in [0, 0.1) is 5.82 Å². The molecule has 0 aliphatic carbocycles. The number of hydrogen-bond donors (Lipinski definition) is 2. The molecule has 1 amide bonds. The zero-order chi connectivity index (χ0) is 19.6. The van der Waals surface area contributed by atoms with Crippen molar-refractivity contribution in [2.75, 3.05) is 23.8 Å². The maximum atomic E-state index is 13.6. The lowest BCUT2D eigenvalue weighted by molar-refractivity contribution is -0.116. The Labute approximate surface area is 163 Å². The number of ether oxygens (including phenoxy) is 1. The number of nitrogens with one attached hydrogen (secondary N) is 2. The van der Waals surface area contributed by atoms with Gasteiger partial charge in [-0.15, -0.1) is 0 Å². The zero-order valence-electron chi connectivity index (χ0n) is 15.4. The standard InChI is InChI=1S/C22H22FN3O2/c23-20-9-5-4-6-17(20)12-14-24-21-11-10-18(16-25-21)26-22(27)13-15-28-19-7-2-1-3-8-19/h1-11,16H,12-15H2,(H,24,25)(H,26,27). The summed E-state index contributed by atoms with van der Waals surface area (Å²) < 4.78 is 19.1. The maximum absolute atomic E-state index is 13.6. The lowest BCUT2D eigenvalue weighted by atomic mass is 10.1. The Morgan fingerprint density at radius 2 is 1.79 bits per heavy atom. The Bertz CT molecular complexity index is 886. The SMILES string of the molecule is O=C(CCOc1ccccc1)Nc1ccc(NCCc2ccccc2F)nc1. The average molecular weight is 379 g/mol. The Morgan fingerprint density at radius 1 is 1.00 bits per heavy atom. The number of carbonyl (C=O) groups excluding carboxylic acids is 1. The van der Waals surface area contributed by atoms with Gasteiger partial charge in [0.05, 0.1) is 24.9 Å². The lowest BCUT2D eigenvalue weighted by Gasteiger charge is -2.09. The van der Waals surface area contributed by atoms with E-state index < -0.39 is 0 Å². The maximum Gasteiger partial charge on any atom is 0.227 e. The summed E-state index contributed by atoms with van der Waals surface area (Å²) >= 11 is 0. The van der Waals surface area contributed by atoms with Gasteiger partial charge in [0, 0.05) is 6.54 Å². The topological polar surface area (TPSA) is 63.2 Å². The fourth-order valence-corrected chi connectivity index (χ4v) is 2.60. The minimum absolute atomic E-state index is 0.141. The zero-order valence-corrected chi connectivity index (χ0v) is 15.4. The number of aromatic nitrogens is 1. The first-order valence-corrected chi connectivity index (χ1v) is 9.12. The van der Waals surface area contributed by atoms with Crippen molar-refractivity contribution in [3.8, 4) is 5.75 Å². The summed E-state index contributed by atoms with van der Waals surface area (Å²) in [7, 11) is 0. The van der Waals surface area contributed by atoms with E-state index in [1.54, 1.807) is 30.5 Å². The highest BCUT2D eigenvalue weighted by Gasteiger charge is 2.04. The number of rotatable bonds is 9. The molecule has 0 aliphatic heterocycles. The largest absolute Gasteiger partial charge is 0.493 e. The quantitative estimate of drug-likeness (QED) is 0.582. The Hall–Kier alpha value is -3.41. The second-order valence-corrected chi connectivity index (χ2v) is 6.16. The molecule has 0 bridgehead atoms. The summed E-state index contributed by atoms with van der Waals surface area (Å²) in [6.45, 7) is 0.870. The molecule has 0 saturated heterocycles. The van der Waals surface area contributed by atoms with Crippen LogP contribution in [0.3, 0.4) is 0 Å². The molecule has 2 aromatic carbocycles. The molecule has 28 heavy (non-hydrogen) atoms. The number of para-hydroxylation sites is 1. The number of hydrogen-bond acceptors (Lipinski definition) is 4. The second kappa shape index (κ2) is 10.1. The van der Waals surface area contributed by atoms with Crippen LogP contribution in [0.25, 0.3) is 0 Å². The number of anilines is 2. The minimum atomic E-state index is -0.202. The van der Waals surface area contributed by atoms with Crippen molar-refractivity contribution in [2.24, 2.45) is 0 Å². The normalized spacial score (nSPS) is 10.3. The van der Waals surface area contributed by atoms with Crippen molar-refractivity contribution >= 4 is 17.4 Å². The van der Waals surface area contributed by atoms with E-state index in [-0.39, 0.29) is 18.1 Å². The van der Waals surface area contributed by atoms with Crippen LogP contribution in [0.4, 0.5) is 15.9 Å². The highest BCUT2D eigenvalue weighted by atomic mass is 19.1. The van der Waals surface area contributed by atoms with Gasteiger partial charge in [-0.05, 0) is 42.3 Å². The molecule has 0 radical (unpaired) electrons. The van der Waals surface area contributed by atoms with Crippen LogP contribution in [-0.2, 0) is 11.2 Å². The molecule has 2 N–H and O–H groups in total. The fraction of sp³-hybridized carbons (Fsp3) is 0.182. The van der Waals surface area contributed by atoms with E-state index >= 15 is 0 Å². The number of nitrogens with zero attached hydrogens (tertiary/aromatic N) is 1. The Balaban J connectivity index is 1.38. The molecule has 6 heteroatoms. The Morgan fingerprint density at radius 3 is 2.54 bits per heavy atom. The number of halogens is 1. The van der Waals surface area contributed by atoms with Crippen molar-refractivity contribution in [1.29, 1.82) is 0 Å². The monoisotopic (exact) mass is 379 g/mol. The smallest absolute Gasteiger partial charge is 0.227 e. The van der Waals surface area contributed by atoms with E-state index in [0.717, 1.165) is 5.75 Å². The minimum Gasteiger partial charge on any atom is -0.493 e. The van der Waals surface area contributed by atoms with Crippen LogP contribution in [0.2, 0.25) is 0 Å². The molecule has 0 saturated carbocycles. The molecule has 1 heterocycles. The first kappa shape index (κ1) is 19.4. The molecule has 5 nitrogen and oxygen atoms in total. The number of pyridine rings is 1. The fourth-order valence-electron chi connectivity index (χ4n) is 2.60. The van der Waals surface area contributed by atoms with Crippen molar-refractivity contribution in [3.05, 3.63) is 84.3 Å². The van der Waals surface area contributed by atoms with Crippen LogP contribution < -0.4 is 15.4 Å². The van der Waals surface area contributed by atoms with Gasteiger partial charge < -0.3 is 15.4 Å². The molecule has 3 aromatic rings. The molecule has 0 aliphatic rings. The van der Waals surface area contributed by atoms with E-state index in [9.17, 15) is 9.18 Å². The molecule has 3 rings (SSSR count). The highest BCUT2D eigenvalue weighted by molar-refractivity contribution is 5.90. The highest BCUT2D eigenvalue weighted by Crippen LogP contribution is 2.12. The van der Waals surface area contributed by atoms with Gasteiger partial charge in [0.1, 0.15) is 17.4 Å². The first-order valence-electron chi connectivity index (χ1n) is 9.12. The van der Waals surface area contributed by atoms with Gasteiger partial charge in [0.25, 0.3) is 0 Å². The number of amides is 1. The van der Waals surface area contributed by atoms with Gasteiger partial charge >= 0.3 is 0 Å². The van der Waals surface area contributed by atoms with Gasteiger partial charge in [-0.2, -0.15) is 0 Å². The van der Waals surface area contributed by atoms with E-state index in [2.05, 4.69) is 15.6 Å². The van der Waals surface area contributed by atoms with Crippen molar-refractivity contribution in [1.82, 2.24) is 4.98 Å². The third-order valence-corrected chi connectivity index (χ3v) is 4.05. The molecule has 0 atom stereocenters. The summed E-state index contributed by atoms with van der Waals surface area (Å²) in [5.41, 5.74) is 1.28. The predicted molar refractivity (Wildman–Crippen MR) is 108 cm³/mol. The van der Waals surface area contributed by atoms with Crippen LogP contribution in [0.1, 0.15) is 12.0 Å². The van der Waals surface area contributed by atoms with Crippen LogP contribution in [-0.4, -0.2) is 24.0 Å². The third kappa shape index (κ3) is 6.09. The van der Waals surface area contributed by atoms with Crippen LogP contribution in [0.5, 0.6) is 5.75 Å². The van der Waals surface area contributed by atoms with Crippen molar-refractivity contribution in [3.63, 3.8) is 0 Å². The number of carbonyl (C=O) groups is 1. The van der Waals surface area contributed by atoms with Crippen molar-refractivity contribution in [2.45, 2.75) is 12.8 Å². The second-order valence-electron chi connectivity index (χ2n) is 6.16. The van der Waals surface area contributed by atoms with E-state index in [1.165, 1.54) is 6.07 Å².